The molecule has 0 saturated carbocycles. The fourth-order valence-electron chi connectivity index (χ4n) is 1.69. The van der Waals surface area contributed by atoms with Crippen LogP contribution < -0.4 is 5.73 Å². The lowest BCUT2D eigenvalue weighted by molar-refractivity contribution is -0.139. The third kappa shape index (κ3) is 5.40. The largest absolute Gasteiger partial charge is 0.480 e. The third-order valence-electron chi connectivity index (χ3n) is 3.27. The molecule has 1 aromatic carbocycles. The van der Waals surface area contributed by atoms with Gasteiger partial charge in [-0.3, -0.25) is 9.59 Å². The van der Waals surface area contributed by atoms with Gasteiger partial charge in [-0.15, -0.1) is 11.8 Å². The number of carboxylic acid groups (broad SMARTS) is 1. The monoisotopic (exact) mass is 310 g/mol. The summed E-state index contributed by atoms with van der Waals surface area (Å²) in [5.41, 5.74) is 6.69. The number of hydrogen-bond donors (Lipinski definition) is 2. The van der Waals surface area contributed by atoms with Crippen LogP contribution in [0, 0.1) is 0 Å². The second-order valence-corrected chi connectivity index (χ2v) is 7.07. The minimum Gasteiger partial charge on any atom is -0.480 e. The lowest BCUT2D eigenvalue weighted by atomic mass is 10.1. The number of nitrogens with two attached hydrogens (primary N) is 1. The van der Waals surface area contributed by atoms with Crippen molar-refractivity contribution in [3.63, 3.8) is 0 Å². The zero-order valence-electron chi connectivity index (χ0n) is 12.6. The molecule has 0 aliphatic heterocycles. The number of carboxylic acids is 1. The molecule has 0 heterocycles. The van der Waals surface area contributed by atoms with Crippen molar-refractivity contribution < 1.29 is 14.7 Å². The Morgan fingerprint density at radius 1 is 1.33 bits per heavy atom. The van der Waals surface area contributed by atoms with Crippen LogP contribution in [0.2, 0.25) is 0 Å². The first-order chi connectivity index (χ1) is 9.74. The van der Waals surface area contributed by atoms with E-state index in [0.717, 1.165) is 5.56 Å². The lowest BCUT2D eigenvalue weighted by Gasteiger charge is -2.28. The van der Waals surface area contributed by atoms with E-state index in [1.54, 1.807) is 25.8 Å². The molecule has 1 aromatic rings. The predicted octanol–water partition coefficient (Wildman–Crippen LogP) is 1.57. The molecule has 1 atom stereocenters. The maximum absolute atomic E-state index is 12.1. The summed E-state index contributed by atoms with van der Waals surface area (Å²) in [5, 5.41) is 8.95. The Hall–Kier alpha value is -1.53. The highest BCUT2D eigenvalue weighted by molar-refractivity contribution is 8.01. The van der Waals surface area contributed by atoms with Gasteiger partial charge in [0.05, 0.1) is 5.75 Å². The Labute approximate surface area is 129 Å². The summed E-state index contributed by atoms with van der Waals surface area (Å²) in [5.74, 6) is -0.899. The van der Waals surface area contributed by atoms with Crippen molar-refractivity contribution in [2.45, 2.75) is 31.2 Å². The van der Waals surface area contributed by atoms with Gasteiger partial charge in [-0.1, -0.05) is 30.3 Å². The number of hydrogen-bond acceptors (Lipinski definition) is 4. The van der Waals surface area contributed by atoms with Gasteiger partial charge in [0.1, 0.15) is 6.04 Å². The molecular formula is C15H22N2O3S. The number of nitrogens with zero attached hydrogens (tertiary/aromatic N) is 1. The quantitative estimate of drug-likeness (QED) is 0.798. The number of carbonyl (C=O) groups excluding carboxylic acids is 1. The van der Waals surface area contributed by atoms with E-state index in [2.05, 4.69) is 0 Å². The molecule has 0 aromatic heterocycles. The van der Waals surface area contributed by atoms with Gasteiger partial charge in [0.25, 0.3) is 0 Å². The van der Waals surface area contributed by atoms with Crippen molar-refractivity contribution >= 4 is 23.6 Å². The number of amides is 1. The molecule has 0 saturated heterocycles. The second-order valence-electron chi connectivity index (χ2n) is 5.44. The highest BCUT2D eigenvalue weighted by Crippen LogP contribution is 2.27. The van der Waals surface area contributed by atoms with E-state index in [9.17, 15) is 9.59 Å². The Bertz CT molecular complexity index is 491. The lowest BCUT2D eigenvalue weighted by Crippen LogP contribution is -2.47. The molecule has 5 nitrogen and oxygen atoms in total. The van der Waals surface area contributed by atoms with Crippen molar-refractivity contribution in [3.05, 3.63) is 35.9 Å². The first kappa shape index (κ1) is 17.5. The smallest absolute Gasteiger partial charge is 0.321 e. The molecule has 0 aliphatic rings. The second kappa shape index (κ2) is 7.47. The Morgan fingerprint density at radius 3 is 2.43 bits per heavy atom. The third-order valence-corrected chi connectivity index (χ3v) is 4.66. The molecule has 0 bridgehead atoms. The fourth-order valence-corrected chi connectivity index (χ4v) is 2.69. The number of rotatable bonds is 7. The van der Waals surface area contributed by atoms with Crippen LogP contribution in [0.1, 0.15) is 19.4 Å². The Balaban J connectivity index is 2.51. The summed E-state index contributed by atoms with van der Waals surface area (Å²) in [6.07, 6.45) is 0. The summed E-state index contributed by atoms with van der Waals surface area (Å²) in [6.45, 7) is 4.01. The molecule has 0 spiro atoms. The number of benzene rings is 1. The van der Waals surface area contributed by atoms with Gasteiger partial charge in [-0.05, 0) is 19.4 Å². The molecular weight excluding hydrogens is 288 g/mol. The van der Waals surface area contributed by atoms with Crippen LogP contribution >= 0.6 is 11.8 Å². The molecule has 21 heavy (non-hydrogen) atoms. The summed E-state index contributed by atoms with van der Waals surface area (Å²) in [4.78, 5) is 24.7. The van der Waals surface area contributed by atoms with E-state index in [1.165, 1.54) is 11.8 Å². The Kier molecular flexibility index (Phi) is 6.23. The molecule has 0 radical (unpaired) electrons. The average molecular weight is 310 g/mol. The van der Waals surface area contributed by atoms with Crippen LogP contribution in [0.25, 0.3) is 0 Å². The standard InChI is InChI=1S/C15H22N2O3S/c1-15(2,13(16)14(19)20)21-10-12(18)17(3)9-11-7-5-4-6-8-11/h4-8,13H,9-10,16H2,1-3H3,(H,19,20)/t13-/m1/s1. The predicted molar refractivity (Wildman–Crippen MR) is 85.1 cm³/mol. The minimum atomic E-state index is -1.06. The molecule has 0 aliphatic carbocycles. The van der Waals surface area contributed by atoms with Gasteiger partial charge < -0.3 is 15.7 Å². The van der Waals surface area contributed by atoms with Crippen molar-refractivity contribution in [1.29, 1.82) is 0 Å². The van der Waals surface area contributed by atoms with Gasteiger partial charge in [-0.2, -0.15) is 0 Å². The molecule has 3 N–H and O–H groups in total. The summed E-state index contributed by atoms with van der Waals surface area (Å²) in [7, 11) is 1.74. The van der Waals surface area contributed by atoms with E-state index < -0.39 is 16.8 Å². The van der Waals surface area contributed by atoms with Gasteiger partial charge in [0.15, 0.2) is 0 Å². The van der Waals surface area contributed by atoms with Crippen LogP contribution in [-0.4, -0.2) is 45.5 Å². The molecule has 1 rings (SSSR count). The zero-order chi connectivity index (χ0) is 16.0. The molecule has 0 unspecified atom stereocenters. The van der Waals surface area contributed by atoms with Crippen LogP contribution in [0.15, 0.2) is 30.3 Å². The Morgan fingerprint density at radius 2 is 1.90 bits per heavy atom. The van der Waals surface area contributed by atoms with Crippen LogP contribution in [0.4, 0.5) is 0 Å². The first-order valence-corrected chi connectivity index (χ1v) is 7.63. The molecule has 6 heteroatoms. The van der Waals surface area contributed by atoms with E-state index in [0.29, 0.717) is 6.54 Å². The maximum atomic E-state index is 12.1. The first-order valence-electron chi connectivity index (χ1n) is 6.64. The van der Waals surface area contributed by atoms with Crippen LogP contribution in [0.3, 0.4) is 0 Å². The molecule has 116 valence electrons. The van der Waals surface area contributed by atoms with Crippen molar-refractivity contribution in [2.75, 3.05) is 12.8 Å². The highest BCUT2D eigenvalue weighted by atomic mass is 32.2. The van der Waals surface area contributed by atoms with Crippen LogP contribution in [0.5, 0.6) is 0 Å². The highest BCUT2D eigenvalue weighted by Gasteiger charge is 2.33. The van der Waals surface area contributed by atoms with Gasteiger partial charge in [-0.25, -0.2) is 0 Å². The van der Waals surface area contributed by atoms with Crippen LogP contribution in [-0.2, 0) is 16.1 Å². The molecule has 1 amide bonds. The van der Waals surface area contributed by atoms with Gasteiger partial charge in [0.2, 0.25) is 5.91 Å². The summed E-state index contributed by atoms with van der Waals surface area (Å²) >= 11 is 1.27. The fraction of sp³-hybridized carbons (Fsp3) is 0.467. The summed E-state index contributed by atoms with van der Waals surface area (Å²) in [6, 6.07) is 8.70. The van der Waals surface area contributed by atoms with Gasteiger partial charge >= 0.3 is 5.97 Å². The number of aliphatic carboxylic acids is 1. The summed E-state index contributed by atoms with van der Waals surface area (Å²) < 4.78 is -0.699. The SMILES string of the molecule is CN(Cc1ccccc1)C(=O)CSC(C)(C)[C@H](N)C(=O)O. The van der Waals surface area contributed by atoms with E-state index in [-0.39, 0.29) is 11.7 Å². The van der Waals surface area contributed by atoms with Crippen molar-refractivity contribution in [1.82, 2.24) is 4.90 Å². The average Bonchev–Trinajstić information content (AvgIpc) is 2.44. The molecule has 0 fully saturated rings. The van der Waals surface area contributed by atoms with E-state index in [1.807, 2.05) is 30.3 Å². The number of carbonyl (C=O) groups is 2. The zero-order valence-corrected chi connectivity index (χ0v) is 13.4. The topological polar surface area (TPSA) is 83.6 Å². The number of thioether (sulfide) groups is 1. The van der Waals surface area contributed by atoms with Crippen molar-refractivity contribution in [3.8, 4) is 0 Å². The minimum absolute atomic E-state index is 0.0467. The maximum Gasteiger partial charge on any atom is 0.321 e. The normalized spacial score (nSPS) is 12.8. The van der Waals surface area contributed by atoms with Gasteiger partial charge in [0, 0.05) is 18.3 Å². The van der Waals surface area contributed by atoms with E-state index in [4.69, 9.17) is 10.8 Å². The van der Waals surface area contributed by atoms with E-state index >= 15 is 0 Å². The van der Waals surface area contributed by atoms with Crippen molar-refractivity contribution in [2.24, 2.45) is 5.73 Å².